The van der Waals surface area contributed by atoms with E-state index in [1.807, 2.05) is 60.7 Å². The molecule has 6 rings (SSSR count). The highest BCUT2D eigenvalue weighted by Crippen LogP contribution is 2.30. The minimum absolute atomic E-state index is 0.146. The van der Waals surface area contributed by atoms with Crippen molar-refractivity contribution in [3.63, 3.8) is 0 Å². The van der Waals surface area contributed by atoms with Gasteiger partial charge in [-0.1, -0.05) is 48.5 Å². The lowest BCUT2D eigenvalue weighted by atomic mass is 10.0. The largest absolute Gasteiger partial charge is 0.497 e. The van der Waals surface area contributed by atoms with Crippen molar-refractivity contribution in [2.24, 2.45) is 0 Å². The number of para-hydroxylation sites is 1. The van der Waals surface area contributed by atoms with Crippen molar-refractivity contribution in [2.45, 2.75) is 12.6 Å². The number of H-pyrrole nitrogens is 1. The van der Waals surface area contributed by atoms with Crippen LogP contribution in [0.1, 0.15) is 23.0 Å². The molecule has 1 fully saturated rings. The van der Waals surface area contributed by atoms with Gasteiger partial charge in [0.05, 0.1) is 13.7 Å². The van der Waals surface area contributed by atoms with Crippen LogP contribution in [0.3, 0.4) is 0 Å². The third kappa shape index (κ3) is 4.76. The maximum atomic E-state index is 13.5. The smallest absolute Gasteiger partial charge is 0.253 e. The molecular weight excluding hydrogens is 478 g/mol. The summed E-state index contributed by atoms with van der Waals surface area (Å²) in [4.78, 5) is 21.3. The molecule has 1 saturated heterocycles. The fourth-order valence-corrected chi connectivity index (χ4v) is 5.18. The van der Waals surface area contributed by atoms with E-state index >= 15 is 0 Å². The first-order valence-corrected chi connectivity index (χ1v) is 12.7. The lowest BCUT2D eigenvalue weighted by Gasteiger charge is -2.39. The van der Waals surface area contributed by atoms with Crippen molar-refractivity contribution in [1.82, 2.24) is 30.1 Å². The standard InChI is InChI=1S/C29H29N7O2/c1-38-24-12-13-26-22(18-24)19-25(29(37)30-26)27(28-31-32-33-36(28)20-21-8-4-2-5-9-21)35-16-14-34(15-17-35)23-10-6-3-7-11-23/h2-13,18-19,27H,14-17,20H2,1H3,(H,30,37)/t27-/m0/s1. The van der Waals surface area contributed by atoms with Crippen LogP contribution in [-0.4, -0.2) is 63.4 Å². The van der Waals surface area contributed by atoms with E-state index in [2.05, 4.69) is 54.6 Å². The Kier molecular flexibility index (Phi) is 6.58. The molecule has 3 heterocycles. The molecule has 0 unspecified atom stereocenters. The zero-order valence-corrected chi connectivity index (χ0v) is 21.2. The number of tetrazole rings is 1. The number of nitrogens with one attached hydrogen (secondary N) is 1. The molecule has 0 bridgehead atoms. The number of aromatic nitrogens is 5. The van der Waals surface area contributed by atoms with Crippen molar-refractivity contribution in [2.75, 3.05) is 38.2 Å². The van der Waals surface area contributed by atoms with Crippen molar-refractivity contribution < 1.29 is 4.74 Å². The van der Waals surface area contributed by atoms with Gasteiger partial charge < -0.3 is 14.6 Å². The van der Waals surface area contributed by atoms with Crippen molar-refractivity contribution in [1.29, 1.82) is 0 Å². The molecule has 0 saturated carbocycles. The molecule has 5 aromatic rings. The second-order valence-electron chi connectivity index (χ2n) is 9.45. The van der Waals surface area contributed by atoms with Gasteiger partial charge in [-0.3, -0.25) is 9.69 Å². The van der Waals surface area contributed by atoms with E-state index < -0.39 is 6.04 Å². The molecule has 1 N–H and O–H groups in total. The highest BCUT2D eigenvalue weighted by Gasteiger charge is 2.32. The van der Waals surface area contributed by atoms with Crippen LogP contribution < -0.4 is 15.2 Å². The zero-order valence-electron chi connectivity index (χ0n) is 21.2. The first-order valence-electron chi connectivity index (χ1n) is 12.7. The number of anilines is 1. The number of pyridine rings is 1. The van der Waals surface area contributed by atoms with Gasteiger partial charge in [-0.15, -0.1) is 5.10 Å². The van der Waals surface area contributed by atoms with Crippen LogP contribution >= 0.6 is 0 Å². The average molecular weight is 508 g/mol. The molecule has 1 atom stereocenters. The Morgan fingerprint density at radius 2 is 1.66 bits per heavy atom. The summed E-state index contributed by atoms with van der Waals surface area (Å²) in [5.74, 6) is 1.38. The minimum atomic E-state index is -0.411. The third-order valence-corrected chi connectivity index (χ3v) is 7.15. The van der Waals surface area contributed by atoms with Crippen LogP contribution in [0.15, 0.2) is 89.7 Å². The Bertz CT molecular complexity index is 1580. The predicted octanol–water partition coefficient (Wildman–Crippen LogP) is 3.48. The van der Waals surface area contributed by atoms with E-state index in [9.17, 15) is 4.79 Å². The summed E-state index contributed by atoms with van der Waals surface area (Å²) < 4.78 is 7.24. The Balaban J connectivity index is 1.40. The molecule has 1 aliphatic heterocycles. The van der Waals surface area contributed by atoms with Crippen molar-refractivity contribution >= 4 is 16.6 Å². The van der Waals surface area contributed by atoms with Gasteiger partial charge in [0.1, 0.15) is 11.8 Å². The van der Waals surface area contributed by atoms with Crippen molar-refractivity contribution in [3.05, 3.63) is 112 Å². The number of benzene rings is 3. The van der Waals surface area contributed by atoms with Crippen LogP contribution in [0, 0.1) is 0 Å². The minimum Gasteiger partial charge on any atom is -0.497 e. The van der Waals surface area contributed by atoms with Gasteiger partial charge in [0, 0.05) is 48.3 Å². The molecule has 9 heteroatoms. The number of hydrogen-bond acceptors (Lipinski definition) is 7. The van der Waals surface area contributed by atoms with E-state index in [-0.39, 0.29) is 5.56 Å². The number of nitrogens with zero attached hydrogens (tertiary/aromatic N) is 6. The second kappa shape index (κ2) is 10.5. The predicted molar refractivity (Wildman–Crippen MR) is 147 cm³/mol. The van der Waals surface area contributed by atoms with Gasteiger partial charge in [0.25, 0.3) is 5.56 Å². The first-order chi connectivity index (χ1) is 18.7. The molecule has 0 radical (unpaired) electrons. The average Bonchev–Trinajstić information content (AvgIpc) is 3.42. The van der Waals surface area contributed by atoms with Gasteiger partial charge in [-0.25, -0.2) is 4.68 Å². The summed E-state index contributed by atoms with van der Waals surface area (Å²) in [5, 5.41) is 13.7. The Labute approximate surface area is 220 Å². The summed E-state index contributed by atoms with van der Waals surface area (Å²) in [7, 11) is 1.64. The zero-order chi connectivity index (χ0) is 25.9. The Morgan fingerprint density at radius 3 is 2.39 bits per heavy atom. The Hall–Kier alpha value is -4.50. The third-order valence-electron chi connectivity index (χ3n) is 7.15. The van der Waals surface area contributed by atoms with Crippen LogP contribution in [-0.2, 0) is 6.54 Å². The molecule has 3 aromatic carbocycles. The van der Waals surface area contributed by atoms with E-state index in [1.165, 1.54) is 5.69 Å². The number of methoxy groups -OCH3 is 1. The molecule has 192 valence electrons. The number of rotatable bonds is 7. The molecule has 2 aromatic heterocycles. The van der Waals surface area contributed by atoms with E-state index in [0.717, 1.165) is 48.4 Å². The highest BCUT2D eigenvalue weighted by molar-refractivity contribution is 5.80. The Morgan fingerprint density at radius 1 is 0.921 bits per heavy atom. The van der Waals surface area contributed by atoms with E-state index in [1.54, 1.807) is 11.8 Å². The summed E-state index contributed by atoms with van der Waals surface area (Å²) in [6, 6.07) is 27.7. The number of piperazine rings is 1. The molecule has 0 spiro atoms. The van der Waals surface area contributed by atoms with Gasteiger partial charge in [-0.05, 0) is 52.4 Å². The van der Waals surface area contributed by atoms with Crippen LogP contribution in [0.25, 0.3) is 10.9 Å². The van der Waals surface area contributed by atoms with Crippen LogP contribution in [0.5, 0.6) is 5.75 Å². The molecule has 1 aliphatic rings. The molecule has 0 aliphatic carbocycles. The molecule has 38 heavy (non-hydrogen) atoms. The highest BCUT2D eigenvalue weighted by atomic mass is 16.5. The van der Waals surface area contributed by atoms with Gasteiger partial charge in [0.2, 0.25) is 0 Å². The molecular formula is C29H29N7O2. The monoisotopic (exact) mass is 507 g/mol. The summed E-state index contributed by atoms with van der Waals surface area (Å²) in [6.45, 7) is 3.70. The van der Waals surface area contributed by atoms with Gasteiger partial charge in [-0.2, -0.15) is 0 Å². The summed E-state index contributed by atoms with van der Waals surface area (Å²) in [6.07, 6.45) is 0. The van der Waals surface area contributed by atoms with Gasteiger partial charge >= 0.3 is 0 Å². The maximum Gasteiger partial charge on any atom is 0.253 e. The second-order valence-corrected chi connectivity index (χ2v) is 9.45. The van der Waals surface area contributed by atoms with E-state index in [0.29, 0.717) is 17.9 Å². The lowest BCUT2D eigenvalue weighted by molar-refractivity contribution is 0.200. The summed E-state index contributed by atoms with van der Waals surface area (Å²) in [5.41, 5.74) is 3.52. The molecule has 9 nitrogen and oxygen atoms in total. The first kappa shape index (κ1) is 23.9. The number of aromatic amines is 1. The lowest BCUT2D eigenvalue weighted by Crippen LogP contribution is -2.49. The number of ether oxygens (including phenoxy) is 1. The fourth-order valence-electron chi connectivity index (χ4n) is 5.18. The topological polar surface area (TPSA) is 92.2 Å². The van der Waals surface area contributed by atoms with E-state index in [4.69, 9.17) is 4.74 Å². The van der Waals surface area contributed by atoms with Crippen molar-refractivity contribution in [3.8, 4) is 5.75 Å². The maximum absolute atomic E-state index is 13.5. The molecule has 0 amide bonds. The fraction of sp³-hybridized carbons (Fsp3) is 0.241. The van der Waals surface area contributed by atoms with Crippen LogP contribution in [0.2, 0.25) is 0 Å². The normalized spacial score (nSPS) is 15.0. The summed E-state index contributed by atoms with van der Waals surface area (Å²) >= 11 is 0. The quantitative estimate of drug-likeness (QED) is 0.361. The number of fused-ring (bicyclic) bond motifs is 1. The SMILES string of the molecule is COc1ccc2[nH]c(=O)c([C@@H](c3nnnn3Cc3ccccc3)N3CCN(c4ccccc4)CC3)cc2c1. The van der Waals surface area contributed by atoms with Gasteiger partial charge in [0.15, 0.2) is 5.82 Å². The number of hydrogen-bond donors (Lipinski definition) is 1. The van der Waals surface area contributed by atoms with Crippen LogP contribution in [0.4, 0.5) is 5.69 Å².